The Morgan fingerprint density at radius 3 is 2.52 bits per heavy atom. The normalized spacial score (nSPS) is 24.3. The summed E-state index contributed by atoms with van der Waals surface area (Å²) in [5.41, 5.74) is 1.93. The third-order valence-corrected chi connectivity index (χ3v) is 5.05. The smallest absolute Gasteiger partial charge is 0.257 e. The molecule has 0 bridgehead atoms. The lowest BCUT2D eigenvalue weighted by Crippen LogP contribution is -2.39. The molecule has 4 heterocycles. The molecule has 0 radical (unpaired) electrons. The maximum absolute atomic E-state index is 12.7. The van der Waals surface area contributed by atoms with Gasteiger partial charge in [-0.05, 0) is 12.8 Å². The Balaban J connectivity index is 1.46. The van der Waals surface area contributed by atoms with Gasteiger partial charge in [-0.15, -0.1) is 0 Å². The topological polar surface area (TPSA) is 59.2 Å². The van der Waals surface area contributed by atoms with Crippen LogP contribution < -0.4 is 0 Å². The van der Waals surface area contributed by atoms with Gasteiger partial charge in [0.15, 0.2) is 0 Å². The van der Waals surface area contributed by atoms with Crippen LogP contribution in [0.3, 0.4) is 0 Å². The molecule has 0 saturated carbocycles. The second kappa shape index (κ2) is 5.49. The van der Waals surface area contributed by atoms with Crippen LogP contribution >= 0.6 is 0 Å². The number of fused-ring (bicyclic) bond motifs is 1. The van der Waals surface area contributed by atoms with E-state index in [1.807, 2.05) is 29.9 Å². The molecule has 4 rings (SSSR count). The van der Waals surface area contributed by atoms with E-state index in [2.05, 4.69) is 21.3 Å². The number of aromatic nitrogens is 4. The van der Waals surface area contributed by atoms with Crippen LogP contribution in [0.5, 0.6) is 0 Å². The van der Waals surface area contributed by atoms with Gasteiger partial charge in [0.05, 0.1) is 18.0 Å². The number of nitrogens with zero attached hydrogens (tertiary/aromatic N) is 6. The number of hydrogen-bond donors (Lipinski definition) is 0. The summed E-state index contributed by atoms with van der Waals surface area (Å²) in [6.07, 6.45) is 9.57. The van der Waals surface area contributed by atoms with E-state index in [4.69, 9.17) is 0 Å². The van der Waals surface area contributed by atoms with Crippen molar-refractivity contribution in [3.8, 4) is 0 Å². The third kappa shape index (κ3) is 2.55. The lowest BCUT2D eigenvalue weighted by Gasteiger charge is -2.25. The Bertz CT molecular complexity index is 720. The average Bonchev–Trinajstić information content (AvgIpc) is 3.26. The first-order valence-electron chi connectivity index (χ1n) is 8.13. The van der Waals surface area contributed by atoms with E-state index >= 15 is 0 Å². The SMILES string of the molecule is Cn1cc(CN2CC[C@@H]3[C@@H]2CCN3C(=O)c2cnn(C)c2)cn1. The van der Waals surface area contributed by atoms with Crippen LogP contribution in [0, 0.1) is 0 Å². The van der Waals surface area contributed by atoms with E-state index in [9.17, 15) is 4.79 Å². The van der Waals surface area contributed by atoms with Gasteiger partial charge in [-0.25, -0.2) is 0 Å². The first kappa shape index (κ1) is 14.4. The Morgan fingerprint density at radius 1 is 1.09 bits per heavy atom. The minimum absolute atomic E-state index is 0.119. The molecule has 2 aliphatic rings. The summed E-state index contributed by atoms with van der Waals surface area (Å²) in [5.74, 6) is 0.119. The molecule has 2 fully saturated rings. The van der Waals surface area contributed by atoms with E-state index in [-0.39, 0.29) is 5.91 Å². The molecule has 2 aromatic heterocycles. The molecular weight excluding hydrogens is 292 g/mol. The molecule has 0 unspecified atom stereocenters. The molecule has 7 nitrogen and oxygen atoms in total. The van der Waals surface area contributed by atoms with Crippen molar-refractivity contribution in [2.24, 2.45) is 14.1 Å². The highest BCUT2D eigenvalue weighted by Gasteiger charge is 2.44. The molecule has 2 aliphatic heterocycles. The lowest BCUT2D eigenvalue weighted by atomic mass is 10.1. The monoisotopic (exact) mass is 314 g/mol. The fourth-order valence-electron chi connectivity index (χ4n) is 4.01. The zero-order valence-corrected chi connectivity index (χ0v) is 13.6. The second-order valence-electron chi connectivity index (χ2n) is 6.61. The van der Waals surface area contributed by atoms with Gasteiger partial charge in [-0.1, -0.05) is 0 Å². The number of carbonyl (C=O) groups excluding carboxylic acids is 1. The van der Waals surface area contributed by atoms with Crippen LogP contribution in [0.25, 0.3) is 0 Å². The first-order valence-corrected chi connectivity index (χ1v) is 8.13. The molecule has 1 amide bonds. The number of rotatable bonds is 3. The highest BCUT2D eigenvalue weighted by molar-refractivity contribution is 5.94. The van der Waals surface area contributed by atoms with Crippen molar-refractivity contribution < 1.29 is 4.79 Å². The highest BCUT2D eigenvalue weighted by Crippen LogP contribution is 2.33. The van der Waals surface area contributed by atoms with E-state index < -0.39 is 0 Å². The largest absolute Gasteiger partial charge is 0.334 e. The van der Waals surface area contributed by atoms with Crippen LogP contribution in [0.4, 0.5) is 0 Å². The standard InChI is InChI=1S/C16H22N6O/c1-19-9-12(7-17-19)10-21-5-3-15-14(21)4-6-22(15)16(23)13-8-18-20(2)11-13/h7-9,11,14-15H,3-6,10H2,1-2H3/t14-,15+/m0/s1. The van der Waals surface area contributed by atoms with Crippen molar-refractivity contribution in [1.82, 2.24) is 29.4 Å². The van der Waals surface area contributed by atoms with Crippen molar-refractivity contribution in [2.45, 2.75) is 31.5 Å². The van der Waals surface area contributed by atoms with Crippen LogP contribution in [-0.2, 0) is 20.6 Å². The van der Waals surface area contributed by atoms with Gasteiger partial charge in [0.2, 0.25) is 0 Å². The van der Waals surface area contributed by atoms with Crippen LogP contribution in [0.15, 0.2) is 24.8 Å². The van der Waals surface area contributed by atoms with Gasteiger partial charge in [0.1, 0.15) is 0 Å². The highest BCUT2D eigenvalue weighted by atomic mass is 16.2. The second-order valence-corrected chi connectivity index (χ2v) is 6.61. The van der Waals surface area contributed by atoms with Crippen molar-refractivity contribution in [1.29, 1.82) is 0 Å². The number of carbonyl (C=O) groups is 1. The van der Waals surface area contributed by atoms with Crippen molar-refractivity contribution in [3.05, 3.63) is 35.9 Å². The van der Waals surface area contributed by atoms with E-state index in [1.54, 1.807) is 17.1 Å². The molecule has 7 heteroatoms. The van der Waals surface area contributed by atoms with Gasteiger partial charge in [0.25, 0.3) is 5.91 Å². The molecule has 2 aromatic rings. The predicted octanol–water partition coefficient (Wildman–Crippen LogP) is 0.643. The van der Waals surface area contributed by atoms with Gasteiger partial charge < -0.3 is 4.90 Å². The summed E-state index contributed by atoms with van der Waals surface area (Å²) in [4.78, 5) is 17.3. The molecule has 2 atom stereocenters. The molecule has 0 N–H and O–H groups in total. The zero-order chi connectivity index (χ0) is 16.0. The minimum Gasteiger partial charge on any atom is -0.334 e. The summed E-state index contributed by atoms with van der Waals surface area (Å²) in [6.45, 7) is 2.80. The van der Waals surface area contributed by atoms with Gasteiger partial charge >= 0.3 is 0 Å². The fourth-order valence-corrected chi connectivity index (χ4v) is 4.01. The van der Waals surface area contributed by atoms with Crippen molar-refractivity contribution in [3.63, 3.8) is 0 Å². The van der Waals surface area contributed by atoms with Crippen molar-refractivity contribution >= 4 is 5.91 Å². The molecule has 23 heavy (non-hydrogen) atoms. The maximum Gasteiger partial charge on any atom is 0.257 e. The molecule has 2 saturated heterocycles. The summed E-state index contributed by atoms with van der Waals surface area (Å²) in [6, 6.07) is 0.801. The first-order chi connectivity index (χ1) is 11.1. The van der Waals surface area contributed by atoms with E-state index in [0.29, 0.717) is 17.6 Å². The summed E-state index contributed by atoms with van der Waals surface area (Å²) in [5, 5.41) is 8.36. The fraction of sp³-hybridized carbons (Fsp3) is 0.562. The zero-order valence-electron chi connectivity index (χ0n) is 13.6. The van der Waals surface area contributed by atoms with Gasteiger partial charge in [0, 0.05) is 63.8 Å². The summed E-state index contributed by atoms with van der Waals surface area (Å²) >= 11 is 0. The molecular formula is C16H22N6O. The Morgan fingerprint density at radius 2 is 1.83 bits per heavy atom. The summed E-state index contributed by atoms with van der Waals surface area (Å²) in [7, 11) is 3.79. The van der Waals surface area contributed by atoms with Gasteiger partial charge in [-0.3, -0.25) is 19.1 Å². The van der Waals surface area contributed by atoms with E-state index in [1.165, 1.54) is 5.56 Å². The molecule has 0 aliphatic carbocycles. The predicted molar refractivity (Wildman–Crippen MR) is 84.7 cm³/mol. The summed E-state index contributed by atoms with van der Waals surface area (Å²) < 4.78 is 3.53. The number of amides is 1. The third-order valence-electron chi connectivity index (χ3n) is 5.05. The van der Waals surface area contributed by atoms with Crippen LogP contribution in [-0.4, -0.2) is 60.4 Å². The van der Waals surface area contributed by atoms with Crippen LogP contribution in [0.1, 0.15) is 28.8 Å². The Labute approximate surface area is 135 Å². The van der Waals surface area contributed by atoms with Crippen molar-refractivity contribution in [2.75, 3.05) is 13.1 Å². The molecule has 0 aromatic carbocycles. The molecule has 0 spiro atoms. The Kier molecular flexibility index (Phi) is 3.45. The molecule has 122 valence electrons. The Hall–Kier alpha value is -2.15. The maximum atomic E-state index is 12.7. The number of hydrogen-bond acceptors (Lipinski definition) is 4. The average molecular weight is 314 g/mol. The van der Waals surface area contributed by atoms with Gasteiger partial charge in [-0.2, -0.15) is 10.2 Å². The van der Waals surface area contributed by atoms with Crippen LogP contribution in [0.2, 0.25) is 0 Å². The number of aryl methyl sites for hydroxylation is 2. The number of likely N-dealkylation sites (tertiary alicyclic amines) is 2. The lowest BCUT2D eigenvalue weighted by molar-refractivity contribution is 0.0732. The van der Waals surface area contributed by atoms with E-state index in [0.717, 1.165) is 32.5 Å². The minimum atomic E-state index is 0.119. The quantitative estimate of drug-likeness (QED) is 0.834.